The molecule has 0 saturated carbocycles. The highest BCUT2D eigenvalue weighted by Gasteiger charge is 2.18. The van der Waals surface area contributed by atoms with E-state index in [4.69, 9.17) is 14.2 Å². The van der Waals surface area contributed by atoms with Crippen molar-refractivity contribution < 1.29 is 23.8 Å². The molecule has 0 spiro atoms. The molecule has 7 heteroatoms. The lowest BCUT2D eigenvalue weighted by atomic mass is 10.1. The number of para-hydroxylation sites is 1. The van der Waals surface area contributed by atoms with Crippen LogP contribution in [0.4, 0.5) is 5.69 Å². The number of hydrogen-bond donors (Lipinski definition) is 2. The number of hydrogen-bond acceptors (Lipinski definition) is 5. The van der Waals surface area contributed by atoms with Gasteiger partial charge < -0.3 is 24.8 Å². The Kier molecular flexibility index (Phi) is 7.47. The summed E-state index contributed by atoms with van der Waals surface area (Å²) in [6.07, 6.45) is 2.02. The van der Waals surface area contributed by atoms with Crippen LogP contribution in [0.3, 0.4) is 0 Å². The van der Waals surface area contributed by atoms with Gasteiger partial charge in [0.15, 0.2) is 6.61 Å². The normalized spacial score (nSPS) is 15.6. The molecule has 2 N–H and O–H groups in total. The van der Waals surface area contributed by atoms with Gasteiger partial charge in [-0.1, -0.05) is 12.1 Å². The van der Waals surface area contributed by atoms with E-state index in [-0.39, 0.29) is 24.5 Å². The van der Waals surface area contributed by atoms with Gasteiger partial charge in [-0.3, -0.25) is 9.59 Å². The zero-order valence-electron chi connectivity index (χ0n) is 16.5. The second kappa shape index (κ2) is 10.5. The Labute approximate surface area is 170 Å². The van der Waals surface area contributed by atoms with E-state index in [2.05, 4.69) is 10.6 Å². The number of rotatable bonds is 9. The molecule has 1 heterocycles. The molecule has 2 aromatic carbocycles. The van der Waals surface area contributed by atoms with E-state index in [1.54, 1.807) is 48.5 Å². The van der Waals surface area contributed by atoms with Crippen molar-refractivity contribution in [2.75, 3.05) is 31.7 Å². The highest BCUT2D eigenvalue weighted by molar-refractivity contribution is 6.04. The van der Waals surface area contributed by atoms with Crippen molar-refractivity contribution in [2.24, 2.45) is 0 Å². The largest absolute Gasteiger partial charge is 0.494 e. The maximum Gasteiger partial charge on any atom is 0.262 e. The van der Waals surface area contributed by atoms with Crippen molar-refractivity contribution in [3.05, 3.63) is 54.1 Å². The molecule has 7 nitrogen and oxygen atoms in total. The van der Waals surface area contributed by atoms with Gasteiger partial charge in [0.1, 0.15) is 11.5 Å². The second-order valence-corrected chi connectivity index (χ2v) is 6.63. The topological polar surface area (TPSA) is 85.9 Å². The van der Waals surface area contributed by atoms with Crippen molar-refractivity contribution >= 4 is 17.5 Å². The number of carbonyl (C=O) groups excluding carboxylic acids is 2. The van der Waals surface area contributed by atoms with Gasteiger partial charge in [-0.05, 0) is 56.2 Å². The second-order valence-electron chi connectivity index (χ2n) is 6.63. The summed E-state index contributed by atoms with van der Waals surface area (Å²) in [7, 11) is 0. The van der Waals surface area contributed by atoms with Crippen molar-refractivity contribution in [1.82, 2.24) is 5.32 Å². The molecule has 1 atom stereocenters. The minimum atomic E-state index is -0.349. The summed E-state index contributed by atoms with van der Waals surface area (Å²) in [6.45, 7) is 3.53. The minimum absolute atomic E-state index is 0.0585. The van der Waals surface area contributed by atoms with Gasteiger partial charge in [0.05, 0.1) is 24.0 Å². The first-order valence-electron chi connectivity index (χ1n) is 9.80. The Hall–Kier alpha value is -3.06. The van der Waals surface area contributed by atoms with E-state index in [0.29, 0.717) is 30.2 Å². The SMILES string of the molecule is CCOc1ccc(OCC(=O)Nc2ccccc2C(=O)NCC2CCCO2)cc1. The molecule has 3 rings (SSSR count). The molecule has 1 aliphatic heterocycles. The predicted octanol–water partition coefficient (Wildman–Crippen LogP) is 3.01. The maximum atomic E-state index is 12.5. The van der Waals surface area contributed by atoms with Crippen molar-refractivity contribution in [1.29, 1.82) is 0 Å². The highest BCUT2D eigenvalue weighted by atomic mass is 16.5. The fraction of sp³-hybridized carbons (Fsp3) is 0.364. The van der Waals surface area contributed by atoms with E-state index < -0.39 is 0 Å². The average Bonchev–Trinajstić information content (AvgIpc) is 3.26. The standard InChI is InChI=1S/C22H26N2O5/c1-2-27-16-9-11-17(12-10-16)29-15-21(25)24-20-8-4-3-7-19(20)22(26)23-14-18-6-5-13-28-18/h3-4,7-12,18H,2,5-6,13-15H2,1H3,(H,23,26)(H,24,25). The summed E-state index contributed by atoms with van der Waals surface area (Å²) >= 11 is 0. The quantitative estimate of drug-likeness (QED) is 0.678. The number of carbonyl (C=O) groups is 2. The first-order valence-corrected chi connectivity index (χ1v) is 9.80. The van der Waals surface area contributed by atoms with Crippen LogP contribution in [0, 0.1) is 0 Å². The third-order valence-corrected chi connectivity index (χ3v) is 4.46. The smallest absolute Gasteiger partial charge is 0.262 e. The van der Waals surface area contributed by atoms with E-state index >= 15 is 0 Å². The zero-order valence-corrected chi connectivity index (χ0v) is 16.5. The summed E-state index contributed by atoms with van der Waals surface area (Å²) in [4.78, 5) is 24.8. The monoisotopic (exact) mass is 398 g/mol. The van der Waals surface area contributed by atoms with E-state index in [0.717, 1.165) is 25.2 Å². The molecular weight excluding hydrogens is 372 g/mol. The molecule has 2 aromatic rings. The van der Waals surface area contributed by atoms with Crippen LogP contribution in [-0.2, 0) is 9.53 Å². The number of nitrogens with one attached hydrogen (secondary N) is 2. The van der Waals surface area contributed by atoms with Crippen LogP contribution < -0.4 is 20.1 Å². The molecule has 0 aromatic heterocycles. The Morgan fingerprint density at radius 1 is 1.07 bits per heavy atom. The Morgan fingerprint density at radius 3 is 2.48 bits per heavy atom. The molecule has 154 valence electrons. The third kappa shape index (κ3) is 6.22. The lowest BCUT2D eigenvalue weighted by molar-refractivity contribution is -0.118. The molecule has 1 unspecified atom stereocenters. The van der Waals surface area contributed by atoms with Gasteiger partial charge in [0.2, 0.25) is 0 Å². The van der Waals surface area contributed by atoms with E-state index in [1.165, 1.54) is 0 Å². The molecule has 1 aliphatic rings. The summed E-state index contributed by atoms with van der Waals surface area (Å²) < 4.78 is 16.4. The fourth-order valence-electron chi connectivity index (χ4n) is 3.03. The fourth-order valence-corrected chi connectivity index (χ4v) is 3.03. The number of benzene rings is 2. The Bertz CT molecular complexity index is 816. The summed E-state index contributed by atoms with van der Waals surface area (Å²) in [5.74, 6) is 0.709. The molecule has 1 fully saturated rings. The van der Waals surface area contributed by atoms with Crippen LogP contribution in [-0.4, -0.2) is 44.3 Å². The molecule has 2 amide bonds. The van der Waals surface area contributed by atoms with E-state index in [1.807, 2.05) is 6.92 Å². The van der Waals surface area contributed by atoms with Crippen molar-refractivity contribution in [2.45, 2.75) is 25.9 Å². The first-order chi connectivity index (χ1) is 14.2. The summed E-state index contributed by atoms with van der Waals surface area (Å²) in [6, 6.07) is 13.9. The van der Waals surface area contributed by atoms with Crippen molar-refractivity contribution in [3.8, 4) is 11.5 Å². The molecule has 0 bridgehead atoms. The van der Waals surface area contributed by atoms with Crippen LogP contribution in [0.25, 0.3) is 0 Å². The number of amides is 2. The maximum absolute atomic E-state index is 12.5. The van der Waals surface area contributed by atoms with Crippen molar-refractivity contribution in [3.63, 3.8) is 0 Å². The minimum Gasteiger partial charge on any atom is -0.494 e. The molecule has 0 radical (unpaired) electrons. The van der Waals surface area contributed by atoms with Crippen LogP contribution >= 0.6 is 0 Å². The number of anilines is 1. The molecule has 29 heavy (non-hydrogen) atoms. The summed E-state index contributed by atoms with van der Waals surface area (Å²) in [5, 5.41) is 5.61. The van der Waals surface area contributed by atoms with Gasteiger partial charge in [-0.2, -0.15) is 0 Å². The highest BCUT2D eigenvalue weighted by Crippen LogP contribution is 2.18. The molecule has 1 saturated heterocycles. The van der Waals surface area contributed by atoms with Crippen LogP contribution in [0.1, 0.15) is 30.1 Å². The summed E-state index contributed by atoms with van der Waals surface area (Å²) in [5.41, 5.74) is 0.845. The van der Waals surface area contributed by atoms with Crippen LogP contribution in [0.15, 0.2) is 48.5 Å². The Morgan fingerprint density at radius 2 is 1.79 bits per heavy atom. The molecule has 0 aliphatic carbocycles. The molecular formula is C22H26N2O5. The number of ether oxygens (including phenoxy) is 3. The third-order valence-electron chi connectivity index (χ3n) is 4.46. The average molecular weight is 398 g/mol. The lowest BCUT2D eigenvalue weighted by Crippen LogP contribution is -2.32. The van der Waals surface area contributed by atoms with Gasteiger partial charge in [0.25, 0.3) is 11.8 Å². The Balaban J connectivity index is 1.52. The predicted molar refractivity (Wildman–Crippen MR) is 109 cm³/mol. The van der Waals surface area contributed by atoms with E-state index in [9.17, 15) is 9.59 Å². The van der Waals surface area contributed by atoms with Gasteiger partial charge >= 0.3 is 0 Å². The zero-order chi connectivity index (χ0) is 20.5. The lowest BCUT2D eigenvalue weighted by Gasteiger charge is -2.14. The van der Waals surface area contributed by atoms with Gasteiger partial charge in [-0.25, -0.2) is 0 Å². The first kappa shape index (κ1) is 20.7. The van der Waals surface area contributed by atoms with Crippen LogP contribution in [0.2, 0.25) is 0 Å². The van der Waals surface area contributed by atoms with Gasteiger partial charge in [-0.15, -0.1) is 0 Å². The van der Waals surface area contributed by atoms with Gasteiger partial charge in [0, 0.05) is 13.2 Å². The van der Waals surface area contributed by atoms with Crippen LogP contribution in [0.5, 0.6) is 11.5 Å².